The van der Waals surface area contributed by atoms with E-state index in [9.17, 15) is 18.8 Å². The van der Waals surface area contributed by atoms with E-state index in [2.05, 4.69) is 31.9 Å². The van der Waals surface area contributed by atoms with Gasteiger partial charge >= 0.3 is 0 Å². The van der Waals surface area contributed by atoms with Crippen molar-refractivity contribution in [1.29, 1.82) is 0 Å². The summed E-state index contributed by atoms with van der Waals surface area (Å²) >= 11 is 3.22. The lowest BCUT2D eigenvalue weighted by atomic mass is 10.1. The molecule has 3 amide bonds. The molecule has 0 radical (unpaired) electrons. The minimum atomic E-state index is -0.630. The number of nitrogens with one attached hydrogen (secondary N) is 3. The van der Waals surface area contributed by atoms with Crippen LogP contribution in [0.1, 0.15) is 22.3 Å². The molecule has 0 bridgehead atoms. The third kappa shape index (κ3) is 4.88. The fourth-order valence-electron chi connectivity index (χ4n) is 2.40. The highest BCUT2D eigenvalue weighted by Gasteiger charge is 2.30. The molecule has 1 aromatic rings. The summed E-state index contributed by atoms with van der Waals surface area (Å²) < 4.78 is 14.2. The van der Waals surface area contributed by atoms with Crippen molar-refractivity contribution in [2.45, 2.75) is 13.3 Å². The van der Waals surface area contributed by atoms with Crippen molar-refractivity contribution in [2.24, 2.45) is 5.92 Å². The Hall–Kier alpha value is -2.22. The topological polar surface area (TPSA) is 87.3 Å². The molecule has 1 unspecified atom stereocenters. The van der Waals surface area contributed by atoms with Gasteiger partial charge in [-0.05, 0) is 40.9 Å². The third-order valence-corrected chi connectivity index (χ3v) is 4.84. The molecule has 1 aliphatic rings. The molecule has 134 valence electrons. The zero-order valence-corrected chi connectivity index (χ0v) is 15.3. The summed E-state index contributed by atoms with van der Waals surface area (Å²) in [6.07, 6.45) is 3.81. The first-order valence-corrected chi connectivity index (χ1v) is 8.64. The minimum absolute atomic E-state index is 0.0334. The summed E-state index contributed by atoms with van der Waals surface area (Å²) in [5, 5.41) is 7.82. The van der Waals surface area contributed by atoms with Crippen LogP contribution >= 0.6 is 15.9 Å². The number of aryl methyl sites for hydroxylation is 1. The lowest BCUT2D eigenvalue weighted by Gasteiger charge is -2.08. The fourth-order valence-corrected chi connectivity index (χ4v) is 2.90. The minimum Gasteiger partial charge on any atom is -0.355 e. The van der Waals surface area contributed by atoms with Crippen LogP contribution in [0.4, 0.5) is 4.39 Å². The van der Waals surface area contributed by atoms with Gasteiger partial charge < -0.3 is 16.0 Å². The van der Waals surface area contributed by atoms with Crippen LogP contribution < -0.4 is 16.0 Å². The Balaban J connectivity index is 1.76. The first kappa shape index (κ1) is 19.1. The number of carbonyl (C=O) groups excluding carboxylic acids is 3. The fraction of sp³-hybridized carbons (Fsp3) is 0.353. The number of halogens is 2. The molecule has 25 heavy (non-hydrogen) atoms. The predicted molar refractivity (Wildman–Crippen MR) is 94.4 cm³/mol. The molecule has 8 heteroatoms. The van der Waals surface area contributed by atoms with E-state index in [0.717, 1.165) is 5.56 Å². The van der Waals surface area contributed by atoms with Crippen molar-refractivity contribution in [2.75, 3.05) is 19.6 Å². The van der Waals surface area contributed by atoms with Gasteiger partial charge in [0.25, 0.3) is 5.91 Å². The smallest absolute Gasteiger partial charge is 0.255 e. The van der Waals surface area contributed by atoms with Crippen molar-refractivity contribution in [3.63, 3.8) is 0 Å². The molecule has 2 rings (SSSR count). The van der Waals surface area contributed by atoms with Gasteiger partial charge in [0.15, 0.2) is 0 Å². The molecule has 0 spiro atoms. The number of benzene rings is 1. The van der Waals surface area contributed by atoms with E-state index in [1.54, 1.807) is 25.1 Å². The molecule has 1 aromatic carbocycles. The summed E-state index contributed by atoms with van der Waals surface area (Å²) in [6, 6.07) is 2.84. The van der Waals surface area contributed by atoms with Crippen LogP contribution in [0.3, 0.4) is 0 Å². The van der Waals surface area contributed by atoms with E-state index in [-0.39, 0.29) is 30.5 Å². The second-order valence-corrected chi connectivity index (χ2v) is 6.41. The average Bonchev–Trinajstić information content (AvgIpc) is 3.00. The van der Waals surface area contributed by atoms with Crippen LogP contribution in [-0.4, -0.2) is 37.4 Å². The molecular formula is C17H19BrFN3O3. The molecule has 1 heterocycles. The normalized spacial score (nSPS) is 16.8. The van der Waals surface area contributed by atoms with Crippen molar-refractivity contribution < 1.29 is 18.8 Å². The predicted octanol–water partition coefficient (Wildman–Crippen LogP) is 1.43. The van der Waals surface area contributed by atoms with E-state index in [1.165, 1.54) is 6.07 Å². The van der Waals surface area contributed by atoms with Crippen LogP contribution in [0.2, 0.25) is 0 Å². The van der Waals surface area contributed by atoms with Gasteiger partial charge in [-0.1, -0.05) is 18.2 Å². The van der Waals surface area contributed by atoms with Gasteiger partial charge in [-0.15, -0.1) is 0 Å². The summed E-state index contributed by atoms with van der Waals surface area (Å²) in [7, 11) is 0. The molecule has 1 aliphatic heterocycles. The largest absolute Gasteiger partial charge is 0.355 e. The van der Waals surface area contributed by atoms with E-state index >= 15 is 0 Å². The van der Waals surface area contributed by atoms with Gasteiger partial charge in [0.1, 0.15) is 11.7 Å². The number of hydrogen-bond donors (Lipinski definition) is 3. The Kier molecular flexibility index (Phi) is 6.69. The Morgan fingerprint density at radius 1 is 1.32 bits per heavy atom. The molecule has 1 saturated heterocycles. The van der Waals surface area contributed by atoms with Gasteiger partial charge in [0.05, 0.1) is 5.56 Å². The number of amides is 3. The number of rotatable bonds is 6. The highest BCUT2D eigenvalue weighted by molar-refractivity contribution is 9.10. The molecule has 0 aromatic heterocycles. The van der Waals surface area contributed by atoms with Crippen molar-refractivity contribution in [3.05, 3.63) is 45.7 Å². The highest BCUT2D eigenvalue weighted by atomic mass is 79.9. The Morgan fingerprint density at radius 2 is 2.00 bits per heavy atom. The maximum Gasteiger partial charge on any atom is 0.255 e. The van der Waals surface area contributed by atoms with E-state index < -0.39 is 17.6 Å². The van der Waals surface area contributed by atoms with E-state index in [1.807, 2.05) is 0 Å². The monoisotopic (exact) mass is 411 g/mol. The second-order valence-electron chi connectivity index (χ2n) is 5.61. The summed E-state index contributed by atoms with van der Waals surface area (Å²) in [5.41, 5.74) is 0.731. The van der Waals surface area contributed by atoms with Crippen molar-refractivity contribution in [3.8, 4) is 0 Å². The first-order valence-electron chi connectivity index (χ1n) is 7.85. The number of carbonyl (C=O) groups is 3. The van der Waals surface area contributed by atoms with Crippen LogP contribution in [0, 0.1) is 18.7 Å². The lowest BCUT2D eigenvalue weighted by Crippen LogP contribution is -2.35. The van der Waals surface area contributed by atoms with Gasteiger partial charge in [-0.2, -0.15) is 0 Å². The molecule has 6 nitrogen and oxygen atoms in total. The quantitative estimate of drug-likeness (QED) is 0.488. The highest BCUT2D eigenvalue weighted by Crippen LogP contribution is 2.23. The van der Waals surface area contributed by atoms with Crippen molar-refractivity contribution >= 4 is 33.7 Å². The van der Waals surface area contributed by atoms with Crippen LogP contribution in [0.15, 0.2) is 28.8 Å². The SMILES string of the molecule is Cc1ccc(F)c(C(=O)NC/C=C\CNC(=O)C2CCNC2=O)c1Br. The summed E-state index contributed by atoms with van der Waals surface area (Å²) in [4.78, 5) is 35.2. The van der Waals surface area contributed by atoms with Crippen LogP contribution in [-0.2, 0) is 9.59 Å². The second kappa shape index (κ2) is 8.75. The first-order chi connectivity index (χ1) is 11.9. The Labute approximate surface area is 153 Å². The number of hydrogen-bond acceptors (Lipinski definition) is 3. The van der Waals surface area contributed by atoms with Gasteiger partial charge in [-0.3, -0.25) is 14.4 Å². The van der Waals surface area contributed by atoms with Crippen LogP contribution in [0.5, 0.6) is 0 Å². The Bertz CT molecular complexity index is 721. The zero-order chi connectivity index (χ0) is 18.4. The zero-order valence-electron chi connectivity index (χ0n) is 13.7. The maximum absolute atomic E-state index is 13.8. The third-order valence-electron chi connectivity index (χ3n) is 3.82. The standard InChI is InChI=1S/C17H19BrFN3O3/c1-10-4-5-12(19)13(14(10)18)17(25)21-8-3-2-7-20-15(23)11-6-9-22-16(11)24/h2-5,11H,6-9H2,1H3,(H,20,23)(H,21,25)(H,22,24)/b3-2-. The van der Waals surface area contributed by atoms with Crippen LogP contribution in [0.25, 0.3) is 0 Å². The molecular weight excluding hydrogens is 393 g/mol. The van der Waals surface area contributed by atoms with Gasteiger partial charge in [0, 0.05) is 24.1 Å². The molecule has 1 atom stereocenters. The van der Waals surface area contributed by atoms with Gasteiger partial charge in [-0.25, -0.2) is 4.39 Å². The van der Waals surface area contributed by atoms with Gasteiger partial charge in [0.2, 0.25) is 11.8 Å². The van der Waals surface area contributed by atoms with Crippen molar-refractivity contribution in [1.82, 2.24) is 16.0 Å². The Morgan fingerprint density at radius 3 is 2.64 bits per heavy atom. The molecule has 3 N–H and O–H groups in total. The molecule has 0 aliphatic carbocycles. The maximum atomic E-state index is 13.8. The summed E-state index contributed by atoms with van der Waals surface area (Å²) in [6.45, 7) is 2.73. The van der Waals surface area contributed by atoms with E-state index in [4.69, 9.17) is 0 Å². The lowest BCUT2D eigenvalue weighted by molar-refractivity contribution is -0.132. The van der Waals surface area contributed by atoms with E-state index in [0.29, 0.717) is 17.4 Å². The molecule has 1 fully saturated rings. The average molecular weight is 412 g/mol. The summed E-state index contributed by atoms with van der Waals surface area (Å²) in [5.74, 6) is -2.31. The molecule has 0 saturated carbocycles.